The number of hydrogen-bond acceptors (Lipinski definition) is 5. The molecular weight excluding hydrogens is 404 g/mol. The zero-order valence-electron chi connectivity index (χ0n) is 18.4. The Bertz CT molecular complexity index is 1270. The Balaban J connectivity index is 1.37. The maximum Gasteiger partial charge on any atom is 0.231 e. The minimum absolute atomic E-state index is 0.0827. The van der Waals surface area contributed by atoms with Crippen molar-refractivity contribution in [2.75, 3.05) is 13.8 Å². The lowest BCUT2D eigenvalue weighted by molar-refractivity contribution is 0.0567. The molecule has 6 rings (SSSR count). The Hall–Kier alpha value is -3.25. The Morgan fingerprint density at radius 3 is 2.81 bits per heavy atom. The molecule has 3 aliphatic rings. The van der Waals surface area contributed by atoms with E-state index in [1.54, 1.807) is 7.11 Å². The van der Waals surface area contributed by atoms with E-state index in [4.69, 9.17) is 14.2 Å². The number of ether oxygens (including phenoxy) is 3. The first-order chi connectivity index (χ1) is 15.6. The smallest absolute Gasteiger partial charge is 0.231 e. The van der Waals surface area contributed by atoms with Gasteiger partial charge in [0, 0.05) is 42.3 Å². The van der Waals surface area contributed by atoms with Crippen LogP contribution in [0.4, 0.5) is 0 Å². The summed E-state index contributed by atoms with van der Waals surface area (Å²) in [6.07, 6.45) is 8.83. The quantitative estimate of drug-likeness (QED) is 0.554. The number of methoxy groups -OCH3 is 1. The van der Waals surface area contributed by atoms with Crippen molar-refractivity contribution in [2.24, 2.45) is 7.05 Å². The normalized spacial score (nSPS) is 19.8. The summed E-state index contributed by atoms with van der Waals surface area (Å²) < 4.78 is 19.7. The van der Waals surface area contributed by atoms with Crippen LogP contribution in [0.3, 0.4) is 0 Å². The fraction of sp³-hybridized carbons (Fsp3) is 0.346. The molecule has 3 aromatic rings. The summed E-state index contributed by atoms with van der Waals surface area (Å²) in [5, 5.41) is 1.02. The van der Waals surface area contributed by atoms with Gasteiger partial charge in [-0.1, -0.05) is 12.8 Å². The van der Waals surface area contributed by atoms with Crippen LogP contribution in [0.2, 0.25) is 0 Å². The summed E-state index contributed by atoms with van der Waals surface area (Å²) in [6, 6.07) is 10.2. The van der Waals surface area contributed by atoms with Gasteiger partial charge in [0.15, 0.2) is 5.76 Å². The highest BCUT2D eigenvalue weighted by Gasteiger charge is 2.35. The molecule has 164 valence electrons. The zero-order valence-corrected chi connectivity index (χ0v) is 18.4. The van der Waals surface area contributed by atoms with E-state index in [0.29, 0.717) is 29.8 Å². The van der Waals surface area contributed by atoms with E-state index >= 15 is 0 Å². The van der Waals surface area contributed by atoms with E-state index < -0.39 is 0 Å². The Morgan fingerprint density at radius 2 is 2.00 bits per heavy atom. The van der Waals surface area contributed by atoms with Crippen LogP contribution in [0, 0.1) is 0 Å². The van der Waals surface area contributed by atoms with Crippen molar-refractivity contribution < 1.29 is 19.0 Å². The fourth-order valence-electron chi connectivity index (χ4n) is 5.26. The fourth-order valence-corrected chi connectivity index (χ4v) is 5.26. The lowest BCUT2D eigenvalue weighted by Gasteiger charge is -2.33. The summed E-state index contributed by atoms with van der Waals surface area (Å²) in [4.78, 5) is 15.6. The van der Waals surface area contributed by atoms with Gasteiger partial charge in [-0.15, -0.1) is 0 Å². The molecule has 0 spiro atoms. The predicted octanol–water partition coefficient (Wildman–Crippen LogP) is 4.90. The van der Waals surface area contributed by atoms with E-state index in [1.165, 1.54) is 25.7 Å². The first kappa shape index (κ1) is 19.4. The molecule has 1 aromatic heterocycles. The summed E-state index contributed by atoms with van der Waals surface area (Å²) in [5.41, 5.74) is 3.59. The lowest BCUT2D eigenvalue weighted by atomic mass is 10.0. The maximum absolute atomic E-state index is 13.2. The Morgan fingerprint density at radius 1 is 1.16 bits per heavy atom. The molecule has 2 aliphatic heterocycles. The molecule has 1 saturated carbocycles. The molecule has 0 bridgehead atoms. The van der Waals surface area contributed by atoms with Gasteiger partial charge in [0.25, 0.3) is 0 Å². The molecule has 2 aromatic carbocycles. The van der Waals surface area contributed by atoms with Crippen molar-refractivity contribution in [3.63, 3.8) is 0 Å². The van der Waals surface area contributed by atoms with Gasteiger partial charge in [-0.25, -0.2) is 0 Å². The average Bonchev–Trinajstić information content (AvgIpc) is 3.53. The molecule has 0 radical (unpaired) electrons. The number of carbonyl (C=O) groups excluding carboxylic acids is 1. The second-order valence-electron chi connectivity index (χ2n) is 8.90. The monoisotopic (exact) mass is 430 g/mol. The standard InChI is InChI=1S/C26H26N2O4/c1-27-13-16(20-12-18(30-2)7-9-22(20)27)11-24-25(29)19-8-10-23-21(26(19)32-24)14-28(15-31-23)17-5-3-4-6-17/h7-13,17H,3-6,14-15H2,1-2H3/b24-11-. The van der Waals surface area contributed by atoms with Gasteiger partial charge >= 0.3 is 0 Å². The number of Topliss-reactive ketones (excluding diaryl/α,β-unsaturated/α-hetero) is 1. The number of rotatable bonds is 3. The third-order valence-electron chi connectivity index (χ3n) is 7.00. The summed E-state index contributed by atoms with van der Waals surface area (Å²) in [6.45, 7) is 1.36. The van der Waals surface area contributed by atoms with Gasteiger partial charge in [0.2, 0.25) is 5.78 Å². The van der Waals surface area contributed by atoms with Gasteiger partial charge in [-0.2, -0.15) is 0 Å². The van der Waals surface area contributed by atoms with Crippen LogP contribution in [-0.2, 0) is 13.6 Å². The number of carbonyl (C=O) groups is 1. The number of ketones is 1. The van der Waals surface area contributed by atoms with Crippen LogP contribution in [0.5, 0.6) is 17.2 Å². The molecule has 0 unspecified atom stereocenters. The van der Waals surface area contributed by atoms with Crippen molar-refractivity contribution in [2.45, 2.75) is 38.3 Å². The molecule has 3 heterocycles. The lowest BCUT2D eigenvalue weighted by Crippen LogP contribution is -2.39. The highest BCUT2D eigenvalue weighted by atomic mass is 16.5. The molecule has 6 heteroatoms. The number of allylic oxidation sites excluding steroid dienone is 1. The third-order valence-corrected chi connectivity index (χ3v) is 7.00. The van der Waals surface area contributed by atoms with Crippen LogP contribution >= 0.6 is 0 Å². The third kappa shape index (κ3) is 3.01. The zero-order chi connectivity index (χ0) is 21.8. The van der Waals surface area contributed by atoms with Crippen molar-refractivity contribution in [3.8, 4) is 17.2 Å². The minimum atomic E-state index is -0.0827. The van der Waals surface area contributed by atoms with Crippen LogP contribution in [0.15, 0.2) is 42.3 Å². The second-order valence-corrected chi connectivity index (χ2v) is 8.90. The number of aryl methyl sites for hydroxylation is 1. The molecule has 1 fully saturated rings. The average molecular weight is 431 g/mol. The molecule has 1 aliphatic carbocycles. The highest BCUT2D eigenvalue weighted by molar-refractivity contribution is 6.15. The first-order valence-corrected chi connectivity index (χ1v) is 11.2. The van der Waals surface area contributed by atoms with Crippen molar-refractivity contribution >= 4 is 22.8 Å². The van der Waals surface area contributed by atoms with Crippen molar-refractivity contribution in [1.82, 2.24) is 9.47 Å². The molecular formula is C26H26N2O4. The largest absolute Gasteiger partial charge is 0.497 e. The van der Waals surface area contributed by atoms with E-state index in [0.717, 1.165) is 40.1 Å². The van der Waals surface area contributed by atoms with Gasteiger partial charge in [-0.3, -0.25) is 9.69 Å². The van der Waals surface area contributed by atoms with Gasteiger partial charge in [0.1, 0.15) is 24.0 Å². The summed E-state index contributed by atoms with van der Waals surface area (Å²) >= 11 is 0. The highest BCUT2D eigenvalue weighted by Crippen LogP contribution is 2.43. The van der Waals surface area contributed by atoms with Gasteiger partial charge in [0.05, 0.1) is 18.2 Å². The van der Waals surface area contributed by atoms with Crippen LogP contribution in [0.1, 0.15) is 47.2 Å². The van der Waals surface area contributed by atoms with Crippen LogP contribution < -0.4 is 14.2 Å². The Labute approximate surface area is 187 Å². The number of nitrogens with zero attached hydrogens (tertiary/aromatic N) is 2. The van der Waals surface area contributed by atoms with Gasteiger partial charge < -0.3 is 18.8 Å². The molecule has 0 N–H and O–H groups in total. The molecule has 0 atom stereocenters. The number of fused-ring (bicyclic) bond motifs is 4. The predicted molar refractivity (Wildman–Crippen MR) is 122 cm³/mol. The molecule has 6 nitrogen and oxygen atoms in total. The Kier molecular flexibility index (Phi) is 4.50. The van der Waals surface area contributed by atoms with E-state index in [1.807, 2.05) is 54.2 Å². The van der Waals surface area contributed by atoms with Crippen LogP contribution in [0.25, 0.3) is 17.0 Å². The maximum atomic E-state index is 13.2. The van der Waals surface area contributed by atoms with E-state index in [2.05, 4.69) is 4.90 Å². The molecule has 0 saturated heterocycles. The number of aromatic nitrogens is 1. The topological polar surface area (TPSA) is 52.9 Å². The van der Waals surface area contributed by atoms with E-state index in [9.17, 15) is 4.79 Å². The second kappa shape index (κ2) is 7.41. The number of hydrogen-bond donors (Lipinski definition) is 0. The number of benzene rings is 2. The van der Waals surface area contributed by atoms with Gasteiger partial charge in [-0.05, 0) is 49.2 Å². The summed E-state index contributed by atoms with van der Waals surface area (Å²) in [5.74, 6) is 2.52. The van der Waals surface area contributed by atoms with E-state index in [-0.39, 0.29) is 5.78 Å². The SMILES string of the molecule is COc1ccc2c(c1)c(/C=C1\Oc3c(ccc4c3CN(C3CCCC3)CO4)C1=O)cn2C. The molecule has 32 heavy (non-hydrogen) atoms. The van der Waals surface area contributed by atoms with Crippen molar-refractivity contribution in [3.05, 3.63) is 59.0 Å². The minimum Gasteiger partial charge on any atom is -0.497 e. The first-order valence-electron chi connectivity index (χ1n) is 11.2. The van der Waals surface area contributed by atoms with Crippen molar-refractivity contribution in [1.29, 1.82) is 0 Å². The molecule has 0 amide bonds. The van der Waals surface area contributed by atoms with Crippen LogP contribution in [-0.4, -0.2) is 35.1 Å². The summed E-state index contributed by atoms with van der Waals surface area (Å²) in [7, 11) is 3.65.